The topological polar surface area (TPSA) is 20.7 Å². The molecule has 0 atom stereocenters. The van der Waals surface area contributed by atoms with E-state index in [9.17, 15) is 8.78 Å². The summed E-state index contributed by atoms with van der Waals surface area (Å²) in [6.45, 7) is 0. The van der Waals surface area contributed by atoms with Gasteiger partial charge in [0, 0.05) is 6.07 Å². The molecule has 3 aromatic rings. The molecule has 1 heterocycles. The summed E-state index contributed by atoms with van der Waals surface area (Å²) in [7, 11) is 0. The molecule has 0 bridgehead atoms. The summed E-state index contributed by atoms with van der Waals surface area (Å²) in [5.74, 6) is -0.940. The van der Waals surface area contributed by atoms with Crippen LogP contribution in [-0.2, 0) is 0 Å². The first-order chi connectivity index (χ1) is 9.47. The molecule has 0 radical (unpaired) electrons. The van der Waals surface area contributed by atoms with Crippen molar-refractivity contribution in [2.24, 2.45) is 0 Å². The molecular weight excluding hydrogens is 370 g/mol. The number of aromatic amines is 1. The number of nitrogens with zero attached hydrogens (tertiary/aromatic N) is 1. The number of aromatic nitrogens is 2. The van der Waals surface area contributed by atoms with E-state index in [4.69, 9.17) is 23.8 Å². The molecule has 0 amide bonds. The van der Waals surface area contributed by atoms with Crippen molar-refractivity contribution in [3.63, 3.8) is 0 Å². The van der Waals surface area contributed by atoms with Gasteiger partial charge in [-0.2, -0.15) is 0 Å². The van der Waals surface area contributed by atoms with Gasteiger partial charge in [0.2, 0.25) is 0 Å². The number of benzene rings is 2. The smallest absolute Gasteiger partial charge is 0.182 e. The third kappa shape index (κ3) is 2.17. The summed E-state index contributed by atoms with van der Waals surface area (Å²) in [4.78, 5) is 2.89. The lowest BCUT2D eigenvalue weighted by Gasteiger charge is -2.06. The maximum absolute atomic E-state index is 13.6. The monoisotopic (exact) mass is 374 g/mol. The molecule has 102 valence electrons. The van der Waals surface area contributed by atoms with Crippen molar-refractivity contribution >= 4 is 50.8 Å². The Hall–Kier alpha value is -1.24. The lowest BCUT2D eigenvalue weighted by Crippen LogP contribution is -1.95. The number of halogens is 4. The number of rotatable bonds is 1. The summed E-state index contributed by atoms with van der Waals surface area (Å²) < 4.78 is 29.4. The van der Waals surface area contributed by atoms with Crippen molar-refractivity contribution in [2.45, 2.75) is 0 Å². The molecule has 2 nitrogen and oxygen atoms in total. The maximum Gasteiger partial charge on any atom is 0.182 e. The highest BCUT2D eigenvalue weighted by atomic mass is 79.9. The first-order valence-corrected chi connectivity index (χ1v) is 7.10. The van der Waals surface area contributed by atoms with Crippen molar-refractivity contribution in [2.75, 3.05) is 0 Å². The van der Waals surface area contributed by atoms with Gasteiger partial charge in [-0.15, -0.1) is 0 Å². The minimum atomic E-state index is -0.540. The van der Waals surface area contributed by atoms with Gasteiger partial charge in [0.15, 0.2) is 4.77 Å². The van der Waals surface area contributed by atoms with Crippen LogP contribution in [0.25, 0.3) is 16.7 Å². The lowest BCUT2D eigenvalue weighted by molar-refractivity contribution is 0.622. The van der Waals surface area contributed by atoms with Gasteiger partial charge in [0.1, 0.15) is 11.6 Å². The van der Waals surface area contributed by atoms with Gasteiger partial charge in [-0.25, -0.2) is 8.78 Å². The quantitative estimate of drug-likeness (QED) is 0.566. The van der Waals surface area contributed by atoms with Crippen molar-refractivity contribution < 1.29 is 8.78 Å². The van der Waals surface area contributed by atoms with Gasteiger partial charge in [-0.3, -0.25) is 4.57 Å². The van der Waals surface area contributed by atoms with Crippen LogP contribution in [0.2, 0.25) is 5.02 Å². The molecule has 0 aliphatic carbocycles. The summed E-state index contributed by atoms with van der Waals surface area (Å²) >= 11 is 14.0. The molecule has 0 aliphatic rings. The number of hydrogen-bond donors (Lipinski definition) is 1. The molecule has 2 aromatic carbocycles. The first-order valence-electron chi connectivity index (χ1n) is 5.52. The van der Waals surface area contributed by atoms with Gasteiger partial charge in [0.25, 0.3) is 0 Å². The van der Waals surface area contributed by atoms with E-state index < -0.39 is 11.6 Å². The van der Waals surface area contributed by atoms with Gasteiger partial charge >= 0.3 is 0 Å². The van der Waals surface area contributed by atoms with E-state index >= 15 is 0 Å². The zero-order chi connectivity index (χ0) is 14.4. The van der Waals surface area contributed by atoms with E-state index in [-0.39, 0.29) is 5.02 Å². The molecule has 0 fully saturated rings. The second-order valence-corrected chi connectivity index (χ2v) is 5.80. The number of nitrogens with one attached hydrogen (secondary N) is 1. The lowest BCUT2D eigenvalue weighted by atomic mass is 10.2. The van der Waals surface area contributed by atoms with Crippen LogP contribution in [0, 0.1) is 16.4 Å². The Morgan fingerprint density at radius 1 is 1.15 bits per heavy atom. The van der Waals surface area contributed by atoms with Crippen LogP contribution < -0.4 is 0 Å². The fourth-order valence-corrected chi connectivity index (χ4v) is 2.74. The molecule has 1 aromatic heterocycles. The average molecular weight is 376 g/mol. The molecule has 20 heavy (non-hydrogen) atoms. The molecule has 7 heteroatoms. The number of hydrogen-bond acceptors (Lipinski definition) is 1. The molecule has 0 unspecified atom stereocenters. The standard InChI is InChI=1S/C13H6BrClF2N2S/c14-7-4-12-11(5-9(7)16)18-13(20)19(12)6-1-2-8(15)10(17)3-6/h1-5H,(H,18,20). The largest absolute Gasteiger partial charge is 0.330 e. The third-order valence-electron chi connectivity index (χ3n) is 2.89. The molecule has 0 saturated carbocycles. The van der Waals surface area contributed by atoms with Crippen LogP contribution in [0.3, 0.4) is 0 Å². The fourth-order valence-electron chi connectivity index (χ4n) is 1.98. The van der Waals surface area contributed by atoms with Crippen LogP contribution >= 0.6 is 39.7 Å². The Bertz CT molecular complexity index is 888. The highest BCUT2D eigenvalue weighted by Crippen LogP contribution is 2.27. The summed E-state index contributed by atoms with van der Waals surface area (Å²) in [5, 5.41) is 0.0346. The van der Waals surface area contributed by atoms with Crippen molar-refractivity contribution in [3.05, 3.63) is 56.2 Å². The predicted molar refractivity (Wildman–Crippen MR) is 81.1 cm³/mol. The molecule has 0 saturated heterocycles. The van der Waals surface area contributed by atoms with E-state index in [0.29, 0.717) is 26.0 Å². The average Bonchev–Trinajstić information content (AvgIpc) is 2.69. The van der Waals surface area contributed by atoms with Crippen LogP contribution in [0.15, 0.2) is 34.8 Å². The maximum atomic E-state index is 13.6. The van der Waals surface area contributed by atoms with Gasteiger partial charge < -0.3 is 4.98 Å². The molecule has 0 aliphatic heterocycles. The van der Waals surface area contributed by atoms with Crippen molar-refractivity contribution in [3.8, 4) is 5.69 Å². The SMILES string of the molecule is Fc1cc(-n2c(=S)[nH]c3cc(F)c(Br)cc32)ccc1Cl. The van der Waals surface area contributed by atoms with Crippen LogP contribution in [0.5, 0.6) is 0 Å². The Labute approximate surface area is 131 Å². The Kier molecular flexibility index (Phi) is 3.40. The fraction of sp³-hybridized carbons (Fsp3) is 0. The van der Waals surface area contributed by atoms with Crippen LogP contribution in [-0.4, -0.2) is 9.55 Å². The van der Waals surface area contributed by atoms with E-state index in [2.05, 4.69) is 20.9 Å². The minimum Gasteiger partial charge on any atom is -0.330 e. The molecule has 0 spiro atoms. The summed E-state index contributed by atoms with van der Waals surface area (Å²) in [5.41, 5.74) is 1.69. The second-order valence-electron chi connectivity index (χ2n) is 4.15. The zero-order valence-corrected chi connectivity index (χ0v) is 12.9. The van der Waals surface area contributed by atoms with Gasteiger partial charge in [-0.05, 0) is 52.4 Å². The van der Waals surface area contributed by atoms with E-state index in [1.807, 2.05) is 0 Å². The van der Waals surface area contributed by atoms with Gasteiger partial charge in [-0.1, -0.05) is 11.6 Å². The highest BCUT2D eigenvalue weighted by Gasteiger charge is 2.11. The third-order valence-corrected chi connectivity index (χ3v) is 4.08. The second kappa shape index (κ2) is 4.95. The Balaban J connectivity index is 2.35. The Morgan fingerprint density at radius 2 is 1.90 bits per heavy atom. The Morgan fingerprint density at radius 3 is 2.60 bits per heavy atom. The van der Waals surface area contributed by atoms with E-state index in [1.165, 1.54) is 18.2 Å². The molecule has 1 N–H and O–H groups in total. The predicted octanol–water partition coefficient (Wildman–Crippen LogP) is 5.38. The minimum absolute atomic E-state index is 0.0346. The summed E-state index contributed by atoms with van der Waals surface area (Å²) in [6.07, 6.45) is 0. The van der Waals surface area contributed by atoms with Crippen molar-refractivity contribution in [1.82, 2.24) is 9.55 Å². The van der Waals surface area contributed by atoms with E-state index in [0.717, 1.165) is 0 Å². The first kappa shape index (κ1) is 13.7. The molecule has 3 rings (SSSR count). The summed E-state index contributed by atoms with van der Waals surface area (Å²) in [6, 6.07) is 7.29. The normalized spacial score (nSPS) is 11.2. The van der Waals surface area contributed by atoms with Crippen LogP contribution in [0.4, 0.5) is 8.78 Å². The van der Waals surface area contributed by atoms with Gasteiger partial charge in [0.05, 0.1) is 26.2 Å². The highest BCUT2D eigenvalue weighted by molar-refractivity contribution is 9.10. The zero-order valence-electron chi connectivity index (χ0n) is 9.75. The number of H-pyrrole nitrogens is 1. The number of fused-ring (bicyclic) bond motifs is 1. The van der Waals surface area contributed by atoms with E-state index in [1.54, 1.807) is 16.7 Å². The molecular formula is C13H6BrClF2N2S. The van der Waals surface area contributed by atoms with Crippen LogP contribution in [0.1, 0.15) is 0 Å². The van der Waals surface area contributed by atoms with Crippen molar-refractivity contribution in [1.29, 1.82) is 0 Å². The number of imidazole rings is 1.